The van der Waals surface area contributed by atoms with Crippen molar-refractivity contribution in [1.29, 1.82) is 0 Å². The van der Waals surface area contributed by atoms with Gasteiger partial charge in [-0.05, 0) is 33.1 Å². The van der Waals surface area contributed by atoms with Gasteiger partial charge in [-0.25, -0.2) is 0 Å². The van der Waals surface area contributed by atoms with E-state index < -0.39 is 5.54 Å². The van der Waals surface area contributed by atoms with Crippen molar-refractivity contribution in [3.05, 3.63) is 0 Å². The van der Waals surface area contributed by atoms with Gasteiger partial charge >= 0.3 is 0 Å². The summed E-state index contributed by atoms with van der Waals surface area (Å²) in [6, 6.07) is 0. The number of rotatable bonds is 5. The maximum Gasteiger partial charge on any atom is 0.223 e. The topological polar surface area (TPSA) is 64.3 Å². The van der Waals surface area contributed by atoms with Crippen LogP contribution in [-0.4, -0.2) is 29.1 Å². The minimum absolute atomic E-state index is 0.0562. The average molecular weight is 244 g/mol. The molecule has 1 saturated carbocycles. The van der Waals surface area contributed by atoms with Crippen LogP contribution in [0.4, 0.5) is 0 Å². The Balaban J connectivity index is 2.50. The lowest BCUT2D eigenvalue weighted by molar-refractivity contribution is -0.135. The molecule has 0 radical (unpaired) electrons. The molecule has 0 spiro atoms. The number of methoxy groups -OCH3 is 1. The minimum Gasteiger partial charge on any atom is -0.391 e. The number of ether oxygens (including phenoxy) is 1. The summed E-state index contributed by atoms with van der Waals surface area (Å²) in [4.78, 5) is 12.1. The Labute approximate surface area is 102 Å². The van der Waals surface area contributed by atoms with Crippen molar-refractivity contribution in [1.82, 2.24) is 5.32 Å². The molecule has 1 amide bonds. The van der Waals surface area contributed by atoms with Crippen LogP contribution in [0.5, 0.6) is 0 Å². The zero-order chi connectivity index (χ0) is 12.4. The molecule has 0 aliphatic heterocycles. The summed E-state index contributed by atoms with van der Waals surface area (Å²) in [7, 11) is 1.66. The van der Waals surface area contributed by atoms with Crippen LogP contribution in [0.1, 0.15) is 39.5 Å². The largest absolute Gasteiger partial charge is 0.391 e. The van der Waals surface area contributed by atoms with Crippen LogP contribution in [0.25, 0.3) is 0 Å². The lowest BCUT2D eigenvalue weighted by Gasteiger charge is -2.40. The van der Waals surface area contributed by atoms with E-state index in [9.17, 15) is 4.79 Å². The number of hydrogen-bond donors (Lipinski definition) is 2. The quantitative estimate of drug-likeness (QED) is 0.712. The summed E-state index contributed by atoms with van der Waals surface area (Å²) >= 11 is 4.89. The van der Waals surface area contributed by atoms with Crippen molar-refractivity contribution in [3.63, 3.8) is 0 Å². The number of amides is 1. The first kappa shape index (κ1) is 13.4. The van der Waals surface area contributed by atoms with Crippen LogP contribution in [0, 0.1) is 0 Å². The Hall–Kier alpha value is -0.680. The van der Waals surface area contributed by atoms with Gasteiger partial charge in [-0.3, -0.25) is 4.79 Å². The summed E-state index contributed by atoms with van der Waals surface area (Å²) in [6.07, 6.45) is 3.41. The van der Waals surface area contributed by atoms with Crippen molar-refractivity contribution in [3.8, 4) is 0 Å². The number of carbonyl (C=O) groups is 1. The highest BCUT2D eigenvalue weighted by molar-refractivity contribution is 7.80. The SMILES string of the molecule is COC1(CC(=O)NC(C)(C)C(N)=S)CCC1. The number of carbonyl (C=O) groups excluding carboxylic acids is 1. The van der Waals surface area contributed by atoms with E-state index in [-0.39, 0.29) is 11.5 Å². The Morgan fingerprint density at radius 1 is 1.56 bits per heavy atom. The van der Waals surface area contributed by atoms with Gasteiger partial charge in [0.2, 0.25) is 5.91 Å². The Morgan fingerprint density at radius 2 is 2.12 bits per heavy atom. The van der Waals surface area contributed by atoms with Crippen LogP contribution in [-0.2, 0) is 9.53 Å². The Morgan fingerprint density at radius 3 is 2.44 bits per heavy atom. The van der Waals surface area contributed by atoms with Crippen molar-refractivity contribution in [2.24, 2.45) is 5.73 Å². The molecule has 0 heterocycles. The highest BCUT2D eigenvalue weighted by atomic mass is 32.1. The molecule has 0 bridgehead atoms. The van der Waals surface area contributed by atoms with Gasteiger partial charge in [-0.1, -0.05) is 12.2 Å². The van der Waals surface area contributed by atoms with Crippen molar-refractivity contribution in [2.45, 2.75) is 50.7 Å². The maximum atomic E-state index is 11.8. The second-order valence-corrected chi connectivity index (χ2v) is 5.39. The molecular weight excluding hydrogens is 224 g/mol. The predicted molar refractivity (Wildman–Crippen MR) is 67.2 cm³/mol. The third-order valence-corrected chi connectivity index (χ3v) is 3.76. The molecule has 0 aromatic heterocycles. The third-order valence-electron chi connectivity index (χ3n) is 3.25. The summed E-state index contributed by atoms with van der Waals surface area (Å²) in [5.74, 6) is -0.0562. The lowest BCUT2D eigenvalue weighted by atomic mass is 9.77. The standard InChI is InChI=1S/C11H20N2O2S/c1-10(2,9(12)16)13-8(14)7-11(15-3)5-4-6-11/h4-7H2,1-3H3,(H2,12,16)(H,13,14). The van der Waals surface area contributed by atoms with Crippen LogP contribution in [0.2, 0.25) is 0 Å². The number of nitrogens with one attached hydrogen (secondary N) is 1. The van der Waals surface area contributed by atoms with Gasteiger partial charge in [-0.15, -0.1) is 0 Å². The number of nitrogens with two attached hydrogens (primary N) is 1. The normalized spacial score (nSPS) is 18.7. The molecule has 1 aliphatic carbocycles. The molecule has 3 N–H and O–H groups in total. The van der Waals surface area contributed by atoms with Gasteiger partial charge in [0.1, 0.15) is 0 Å². The molecule has 0 atom stereocenters. The van der Waals surface area contributed by atoms with Gasteiger partial charge in [-0.2, -0.15) is 0 Å². The first-order valence-corrected chi connectivity index (χ1v) is 5.88. The van der Waals surface area contributed by atoms with E-state index in [4.69, 9.17) is 22.7 Å². The van der Waals surface area contributed by atoms with E-state index in [1.165, 1.54) is 0 Å². The van der Waals surface area contributed by atoms with Crippen LogP contribution in [0.15, 0.2) is 0 Å². The molecule has 1 aliphatic rings. The third kappa shape index (κ3) is 2.92. The van der Waals surface area contributed by atoms with Gasteiger partial charge in [0.05, 0.1) is 22.5 Å². The van der Waals surface area contributed by atoms with Gasteiger partial charge in [0.25, 0.3) is 0 Å². The molecule has 1 rings (SSSR count). The zero-order valence-electron chi connectivity index (χ0n) is 10.1. The van der Waals surface area contributed by atoms with Crippen molar-refractivity contribution >= 4 is 23.1 Å². The highest BCUT2D eigenvalue weighted by Gasteiger charge is 2.40. The molecule has 1 fully saturated rings. The molecule has 0 saturated heterocycles. The molecule has 0 aromatic rings. The lowest BCUT2D eigenvalue weighted by Crippen LogP contribution is -2.54. The zero-order valence-corrected chi connectivity index (χ0v) is 10.9. The minimum atomic E-state index is -0.634. The second-order valence-electron chi connectivity index (χ2n) is 4.95. The molecule has 92 valence electrons. The van der Waals surface area contributed by atoms with Crippen LogP contribution in [0.3, 0.4) is 0 Å². The van der Waals surface area contributed by atoms with E-state index in [1.54, 1.807) is 21.0 Å². The Kier molecular flexibility index (Phi) is 3.91. The first-order valence-electron chi connectivity index (χ1n) is 5.47. The van der Waals surface area contributed by atoms with E-state index >= 15 is 0 Å². The van der Waals surface area contributed by atoms with E-state index in [0.717, 1.165) is 19.3 Å². The molecule has 5 heteroatoms. The van der Waals surface area contributed by atoms with E-state index in [1.807, 2.05) is 0 Å². The number of thiocarbonyl (C=S) groups is 1. The first-order chi connectivity index (χ1) is 7.31. The van der Waals surface area contributed by atoms with Gasteiger partial charge in [0, 0.05) is 7.11 Å². The summed E-state index contributed by atoms with van der Waals surface area (Å²) in [6.45, 7) is 3.60. The summed E-state index contributed by atoms with van der Waals surface area (Å²) < 4.78 is 5.39. The summed E-state index contributed by atoms with van der Waals surface area (Å²) in [5, 5.41) is 2.83. The number of hydrogen-bond acceptors (Lipinski definition) is 3. The molecule has 16 heavy (non-hydrogen) atoms. The molecular formula is C11H20N2O2S. The summed E-state index contributed by atoms with van der Waals surface area (Å²) in [5.41, 5.74) is 4.66. The smallest absolute Gasteiger partial charge is 0.223 e. The van der Waals surface area contributed by atoms with Crippen molar-refractivity contribution in [2.75, 3.05) is 7.11 Å². The van der Waals surface area contributed by atoms with E-state index in [2.05, 4.69) is 5.32 Å². The fourth-order valence-corrected chi connectivity index (χ4v) is 1.82. The average Bonchev–Trinajstić information content (AvgIpc) is 2.10. The van der Waals surface area contributed by atoms with Crippen molar-refractivity contribution < 1.29 is 9.53 Å². The second kappa shape index (κ2) is 4.67. The van der Waals surface area contributed by atoms with Crippen LogP contribution < -0.4 is 11.1 Å². The molecule has 0 unspecified atom stereocenters. The van der Waals surface area contributed by atoms with Crippen LogP contribution >= 0.6 is 12.2 Å². The Bertz CT molecular complexity index is 293. The monoisotopic (exact) mass is 244 g/mol. The van der Waals surface area contributed by atoms with Gasteiger partial charge in [0.15, 0.2) is 0 Å². The maximum absolute atomic E-state index is 11.8. The molecule has 0 aromatic carbocycles. The molecule has 4 nitrogen and oxygen atoms in total. The fraction of sp³-hybridized carbons (Fsp3) is 0.818. The predicted octanol–water partition coefficient (Wildman–Crippen LogP) is 1.13. The highest BCUT2D eigenvalue weighted by Crippen LogP contribution is 2.37. The van der Waals surface area contributed by atoms with Gasteiger partial charge < -0.3 is 15.8 Å². The fourth-order valence-electron chi connectivity index (χ4n) is 1.77. The van der Waals surface area contributed by atoms with E-state index in [0.29, 0.717) is 11.4 Å².